The molecule has 3 rings (SSSR count). The maximum Gasteiger partial charge on any atom is 0.165 e. The second kappa shape index (κ2) is 6.93. The highest BCUT2D eigenvalue weighted by Gasteiger charge is 2.38. The molecule has 0 aromatic carbocycles. The van der Waals surface area contributed by atoms with Crippen LogP contribution in [-0.2, 0) is 17.8 Å². The molecular weight excluding hydrogens is 292 g/mol. The average molecular weight is 318 g/mol. The Balaban J connectivity index is 1.68. The first kappa shape index (κ1) is 16.3. The van der Waals surface area contributed by atoms with E-state index in [2.05, 4.69) is 40.3 Å². The SMILES string of the molecule is CC1(C)CCCN(Cc2nnnn2CC2CCOCC2)C1C#N. The molecule has 0 bridgehead atoms. The summed E-state index contributed by atoms with van der Waals surface area (Å²) < 4.78 is 7.34. The molecule has 1 aromatic rings. The van der Waals surface area contributed by atoms with Crippen LogP contribution in [0.15, 0.2) is 0 Å². The minimum absolute atomic E-state index is 0.0198. The standard InChI is InChI=1S/C16H26N6O/c1-16(2)6-3-7-21(14(16)10-17)12-15-18-19-20-22(15)11-13-4-8-23-9-5-13/h13-14H,3-9,11-12H2,1-2H3. The molecule has 1 unspecified atom stereocenters. The van der Waals surface area contributed by atoms with Crippen LogP contribution >= 0.6 is 0 Å². The van der Waals surface area contributed by atoms with Crippen LogP contribution in [0.1, 0.15) is 45.4 Å². The Hall–Kier alpha value is -1.52. The van der Waals surface area contributed by atoms with E-state index in [1.807, 2.05) is 4.68 Å². The summed E-state index contributed by atoms with van der Waals surface area (Å²) in [6, 6.07) is 2.41. The predicted molar refractivity (Wildman–Crippen MR) is 84.2 cm³/mol. The lowest BCUT2D eigenvalue weighted by atomic mass is 9.77. The van der Waals surface area contributed by atoms with Crippen molar-refractivity contribution in [2.75, 3.05) is 19.8 Å². The van der Waals surface area contributed by atoms with E-state index in [9.17, 15) is 5.26 Å². The number of nitriles is 1. The van der Waals surface area contributed by atoms with Crippen LogP contribution in [0.5, 0.6) is 0 Å². The molecule has 0 saturated carbocycles. The lowest BCUT2D eigenvalue weighted by Gasteiger charge is -2.42. The van der Waals surface area contributed by atoms with E-state index >= 15 is 0 Å². The fraction of sp³-hybridized carbons (Fsp3) is 0.875. The van der Waals surface area contributed by atoms with E-state index in [0.717, 1.165) is 57.8 Å². The first-order valence-electron chi connectivity index (χ1n) is 8.56. The lowest BCUT2D eigenvalue weighted by molar-refractivity contribution is 0.0546. The molecule has 3 heterocycles. The number of rotatable bonds is 4. The fourth-order valence-corrected chi connectivity index (χ4v) is 3.76. The molecule has 0 aliphatic carbocycles. The van der Waals surface area contributed by atoms with Gasteiger partial charge in [-0.15, -0.1) is 5.10 Å². The van der Waals surface area contributed by atoms with Gasteiger partial charge in [-0.25, -0.2) is 4.68 Å². The number of hydrogen-bond donors (Lipinski definition) is 0. The summed E-state index contributed by atoms with van der Waals surface area (Å²) in [7, 11) is 0. The molecule has 0 radical (unpaired) electrons. The summed E-state index contributed by atoms with van der Waals surface area (Å²) in [6.45, 7) is 8.46. The number of likely N-dealkylation sites (tertiary alicyclic amines) is 1. The van der Waals surface area contributed by atoms with Gasteiger partial charge >= 0.3 is 0 Å². The van der Waals surface area contributed by atoms with E-state index in [0.29, 0.717) is 12.5 Å². The van der Waals surface area contributed by atoms with Gasteiger partial charge in [0, 0.05) is 19.8 Å². The highest BCUT2D eigenvalue weighted by Crippen LogP contribution is 2.35. The zero-order chi connectivity index (χ0) is 16.3. The zero-order valence-corrected chi connectivity index (χ0v) is 14.1. The number of aromatic nitrogens is 4. The zero-order valence-electron chi connectivity index (χ0n) is 14.1. The van der Waals surface area contributed by atoms with E-state index in [1.54, 1.807) is 0 Å². The Morgan fingerprint density at radius 3 is 2.87 bits per heavy atom. The van der Waals surface area contributed by atoms with E-state index in [1.165, 1.54) is 0 Å². The minimum Gasteiger partial charge on any atom is -0.381 e. The normalized spacial score (nSPS) is 26.0. The maximum absolute atomic E-state index is 9.59. The van der Waals surface area contributed by atoms with Crippen LogP contribution in [0, 0.1) is 22.7 Å². The van der Waals surface area contributed by atoms with Gasteiger partial charge < -0.3 is 4.74 Å². The Kier molecular flexibility index (Phi) is 4.93. The number of ether oxygens (including phenoxy) is 1. The minimum atomic E-state index is -0.0792. The summed E-state index contributed by atoms with van der Waals surface area (Å²) in [6.07, 6.45) is 4.34. The topological polar surface area (TPSA) is 79.9 Å². The van der Waals surface area contributed by atoms with Gasteiger partial charge in [0.2, 0.25) is 0 Å². The van der Waals surface area contributed by atoms with Crippen molar-refractivity contribution in [1.82, 2.24) is 25.1 Å². The lowest BCUT2D eigenvalue weighted by Crippen LogP contribution is -2.48. The molecule has 126 valence electrons. The van der Waals surface area contributed by atoms with Gasteiger partial charge in [0.1, 0.15) is 6.04 Å². The summed E-state index contributed by atoms with van der Waals surface area (Å²) >= 11 is 0. The Morgan fingerprint density at radius 1 is 1.35 bits per heavy atom. The van der Waals surface area contributed by atoms with Crippen molar-refractivity contribution in [3.8, 4) is 6.07 Å². The highest BCUT2D eigenvalue weighted by molar-refractivity contribution is 5.04. The molecular formula is C16H26N6O. The third kappa shape index (κ3) is 3.70. The molecule has 7 nitrogen and oxygen atoms in total. The molecule has 2 aliphatic heterocycles. The van der Waals surface area contributed by atoms with Gasteiger partial charge in [0.15, 0.2) is 5.82 Å². The fourth-order valence-electron chi connectivity index (χ4n) is 3.76. The van der Waals surface area contributed by atoms with Crippen LogP contribution in [0.2, 0.25) is 0 Å². The van der Waals surface area contributed by atoms with Crippen molar-refractivity contribution in [3.63, 3.8) is 0 Å². The molecule has 2 aliphatic rings. The largest absolute Gasteiger partial charge is 0.381 e. The first-order valence-corrected chi connectivity index (χ1v) is 8.56. The van der Waals surface area contributed by atoms with E-state index < -0.39 is 0 Å². The number of tetrazole rings is 1. The first-order chi connectivity index (χ1) is 11.1. The average Bonchev–Trinajstić information content (AvgIpc) is 2.95. The number of piperidine rings is 1. The van der Waals surface area contributed by atoms with Gasteiger partial charge in [-0.1, -0.05) is 13.8 Å². The Morgan fingerprint density at radius 2 is 2.13 bits per heavy atom. The Labute approximate surface area is 137 Å². The van der Waals surface area contributed by atoms with Crippen molar-refractivity contribution in [2.24, 2.45) is 11.3 Å². The number of nitrogens with zero attached hydrogens (tertiary/aromatic N) is 6. The summed E-state index contributed by atoms with van der Waals surface area (Å²) in [5.74, 6) is 1.45. The summed E-state index contributed by atoms with van der Waals surface area (Å²) in [5.41, 5.74) is 0.0198. The van der Waals surface area contributed by atoms with Crippen molar-refractivity contribution in [1.29, 1.82) is 5.26 Å². The quantitative estimate of drug-likeness (QED) is 0.839. The molecule has 2 fully saturated rings. The third-order valence-corrected chi connectivity index (χ3v) is 5.22. The molecule has 0 N–H and O–H groups in total. The third-order valence-electron chi connectivity index (χ3n) is 5.22. The Bertz CT molecular complexity index is 557. The van der Waals surface area contributed by atoms with Crippen molar-refractivity contribution < 1.29 is 4.74 Å². The van der Waals surface area contributed by atoms with Crippen LogP contribution in [0.25, 0.3) is 0 Å². The van der Waals surface area contributed by atoms with Crippen LogP contribution in [0.4, 0.5) is 0 Å². The van der Waals surface area contributed by atoms with Gasteiger partial charge in [0.05, 0.1) is 12.6 Å². The highest BCUT2D eigenvalue weighted by atomic mass is 16.5. The second-order valence-electron chi connectivity index (χ2n) is 7.43. The smallest absolute Gasteiger partial charge is 0.165 e. The van der Waals surface area contributed by atoms with E-state index in [-0.39, 0.29) is 11.5 Å². The van der Waals surface area contributed by atoms with Crippen LogP contribution in [-0.4, -0.2) is 50.9 Å². The van der Waals surface area contributed by atoms with Gasteiger partial charge in [-0.3, -0.25) is 4.90 Å². The molecule has 0 spiro atoms. The molecule has 23 heavy (non-hydrogen) atoms. The van der Waals surface area contributed by atoms with Crippen LogP contribution in [0.3, 0.4) is 0 Å². The van der Waals surface area contributed by atoms with Gasteiger partial charge in [-0.2, -0.15) is 5.26 Å². The van der Waals surface area contributed by atoms with E-state index in [4.69, 9.17) is 4.74 Å². The maximum atomic E-state index is 9.59. The van der Waals surface area contributed by atoms with Crippen molar-refractivity contribution >= 4 is 0 Å². The second-order valence-corrected chi connectivity index (χ2v) is 7.43. The van der Waals surface area contributed by atoms with Gasteiger partial charge in [0.25, 0.3) is 0 Å². The molecule has 0 amide bonds. The predicted octanol–water partition coefficient (Wildman–Crippen LogP) is 1.61. The van der Waals surface area contributed by atoms with Gasteiger partial charge in [-0.05, 0) is 54.0 Å². The van der Waals surface area contributed by atoms with Crippen molar-refractivity contribution in [2.45, 2.75) is 58.7 Å². The molecule has 1 aromatic heterocycles. The molecule has 7 heteroatoms. The summed E-state index contributed by atoms with van der Waals surface area (Å²) in [4.78, 5) is 2.23. The monoisotopic (exact) mass is 318 g/mol. The molecule has 2 saturated heterocycles. The molecule has 1 atom stereocenters. The van der Waals surface area contributed by atoms with Crippen molar-refractivity contribution in [3.05, 3.63) is 5.82 Å². The van der Waals surface area contributed by atoms with Crippen LogP contribution < -0.4 is 0 Å². The number of hydrogen-bond acceptors (Lipinski definition) is 6. The summed E-state index contributed by atoms with van der Waals surface area (Å²) in [5, 5.41) is 21.8.